The summed E-state index contributed by atoms with van der Waals surface area (Å²) in [5.41, 5.74) is 7.96. The Morgan fingerprint density at radius 3 is 2.47 bits per heavy atom. The molecule has 0 saturated carbocycles. The number of sulfone groups is 1. The normalized spacial score (nSPS) is 15.2. The Balaban J connectivity index is 2.89. The van der Waals surface area contributed by atoms with Crippen LogP contribution >= 0.6 is 0 Å². The Labute approximate surface area is 117 Å². The fourth-order valence-corrected chi connectivity index (χ4v) is 4.52. The second-order valence-corrected chi connectivity index (χ2v) is 7.42. The second kappa shape index (κ2) is 7.06. The largest absolute Gasteiger partial charge is 0.327 e. The number of hydrogen-bond donors (Lipinski definition) is 1. The quantitative estimate of drug-likeness (QED) is 0.837. The van der Waals surface area contributed by atoms with E-state index in [9.17, 15) is 8.42 Å². The van der Waals surface area contributed by atoms with Crippen LogP contribution in [0, 0.1) is 6.92 Å². The Bertz CT molecular complexity index is 497. The van der Waals surface area contributed by atoms with Gasteiger partial charge >= 0.3 is 0 Å². The second-order valence-electron chi connectivity index (χ2n) is 5.20. The van der Waals surface area contributed by atoms with Gasteiger partial charge in [-0.05, 0) is 25.3 Å². The molecule has 1 aromatic carbocycles. The third-order valence-electron chi connectivity index (χ3n) is 3.41. The van der Waals surface area contributed by atoms with Crippen LogP contribution in [0.15, 0.2) is 24.3 Å². The molecule has 2 N–H and O–H groups in total. The van der Waals surface area contributed by atoms with Crippen LogP contribution in [-0.4, -0.2) is 19.7 Å². The Kier molecular flexibility index (Phi) is 6.01. The van der Waals surface area contributed by atoms with Crippen LogP contribution in [0.3, 0.4) is 0 Å². The average molecular weight is 283 g/mol. The smallest absolute Gasteiger partial charge is 0.158 e. The standard InChI is InChI=1S/C15H25NO2S/c1-4-7-14(16)15(5-2)19(17,18)11-13-9-6-8-12(3)10-13/h6,8-10,14-15H,4-5,7,11,16H2,1-3H3. The molecule has 108 valence electrons. The molecule has 0 bridgehead atoms. The maximum absolute atomic E-state index is 12.5. The molecule has 19 heavy (non-hydrogen) atoms. The van der Waals surface area contributed by atoms with Crippen molar-refractivity contribution < 1.29 is 8.42 Å². The van der Waals surface area contributed by atoms with E-state index in [4.69, 9.17) is 5.73 Å². The van der Waals surface area contributed by atoms with Gasteiger partial charge in [0.05, 0.1) is 11.0 Å². The van der Waals surface area contributed by atoms with Crippen LogP contribution in [0.25, 0.3) is 0 Å². The molecule has 0 amide bonds. The van der Waals surface area contributed by atoms with Gasteiger partial charge in [0.25, 0.3) is 0 Å². The van der Waals surface area contributed by atoms with E-state index in [2.05, 4.69) is 0 Å². The van der Waals surface area contributed by atoms with Crippen molar-refractivity contribution in [1.82, 2.24) is 0 Å². The van der Waals surface area contributed by atoms with Crippen LogP contribution in [0.2, 0.25) is 0 Å². The molecule has 1 aromatic rings. The van der Waals surface area contributed by atoms with Gasteiger partial charge in [-0.1, -0.05) is 50.1 Å². The summed E-state index contributed by atoms with van der Waals surface area (Å²) < 4.78 is 25.0. The van der Waals surface area contributed by atoms with Crippen molar-refractivity contribution in [2.24, 2.45) is 5.73 Å². The monoisotopic (exact) mass is 283 g/mol. The van der Waals surface area contributed by atoms with E-state index in [0.717, 1.165) is 24.0 Å². The zero-order chi connectivity index (χ0) is 14.5. The van der Waals surface area contributed by atoms with E-state index in [0.29, 0.717) is 6.42 Å². The molecule has 4 heteroatoms. The summed E-state index contributed by atoms with van der Waals surface area (Å²) in [5, 5.41) is -0.437. The van der Waals surface area contributed by atoms with Crippen molar-refractivity contribution in [3.63, 3.8) is 0 Å². The summed E-state index contributed by atoms with van der Waals surface area (Å²) in [7, 11) is -3.19. The van der Waals surface area contributed by atoms with Gasteiger partial charge in [-0.3, -0.25) is 0 Å². The molecule has 0 heterocycles. The molecule has 3 nitrogen and oxygen atoms in total. The lowest BCUT2D eigenvalue weighted by atomic mass is 10.1. The third-order valence-corrected chi connectivity index (χ3v) is 5.75. The molecule has 0 radical (unpaired) electrons. The number of benzene rings is 1. The Morgan fingerprint density at radius 1 is 1.26 bits per heavy atom. The van der Waals surface area contributed by atoms with E-state index < -0.39 is 15.1 Å². The van der Waals surface area contributed by atoms with Gasteiger partial charge in [0.15, 0.2) is 9.84 Å². The summed E-state index contributed by atoms with van der Waals surface area (Å²) in [6.45, 7) is 5.89. The zero-order valence-electron chi connectivity index (χ0n) is 12.1. The SMILES string of the molecule is CCCC(N)C(CC)S(=O)(=O)Cc1cccc(C)c1. The van der Waals surface area contributed by atoms with Crippen molar-refractivity contribution in [2.45, 2.75) is 57.1 Å². The fraction of sp³-hybridized carbons (Fsp3) is 0.600. The molecule has 0 aromatic heterocycles. The molecule has 1 rings (SSSR count). The Morgan fingerprint density at radius 2 is 1.95 bits per heavy atom. The van der Waals surface area contributed by atoms with Gasteiger partial charge in [0.1, 0.15) is 0 Å². The number of aryl methyl sites for hydroxylation is 1. The summed E-state index contributed by atoms with van der Waals surface area (Å²) in [6, 6.07) is 7.39. The van der Waals surface area contributed by atoms with Crippen LogP contribution in [-0.2, 0) is 15.6 Å². The highest BCUT2D eigenvalue weighted by atomic mass is 32.2. The van der Waals surface area contributed by atoms with Crippen molar-refractivity contribution >= 4 is 9.84 Å². The van der Waals surface area contributed by atoms with E-state index in [1.54, 1.807) is 0 Å². The number of rotatable bonds is 7. The van der Waals surface area contributed by atoms with E-state index in [1.165, 1.54) is 0 Å². The average Bonchev–Trinajstić information content (AvgIpc) is 2.28. The molecular weight excluding hydrogens is 258 g/mol. The third kappa shape index (κ3) is 4.62. The van der Waals surface area contributed by atoms with Gasteiger partial charge in [-0.15, -0.1) is 0 Å². The summed E-state index contributed by atoms with van der Waals surface area (Å²) >= 11 is 0. The van der Waals surface area contributed by atoms with E-state index in [1.807, 2.05) is 45.0 Å². The minimum absolute atomic E-state index is 0.0879. The highest BCUT2D eigenvalue weighted by Crippen LogP contribution is 2.19. The van der Waals surface area contributed by atoms with Crippen LogP contribution < -0.4 is 5.73 Å². The minimum Gasteiger partial charge on any atom is -0.327 e. The lowest BCUT2D eigenvalue weighted by Crippen LogP contribution is -2.40. The number of nitrogens with two attached hydrogens (primary N) is 1. The zero-order valence-corrected chi connectivity index (χ0v) is 12.9. The van der Waals surface area contributed by atoms with Crippen LogP contribution in [0.5, 0.6) is 0 Å². The highest BCUT2D eigenvalue weighted by Gasteiger charge is 2.29. The summed E-state index contributed by atoms with van der Waals surface area (Å²) in [4.78, 5) is 0. The molecule has 0 aliphatic rings. The predicted octanol–water partition coefficient (Wildman–Crippen LogP) is 2.82. The van der Waals surface area contributed by atoms with Crippen molar-refractivity contribution in [1.29, 1.82) is 0 Å². The lowest BCUT2D eigenvalue weighted by molar-refractivity contribution is 0.516. The minimum atomic E-state index is -3.19. The molecule has 2 unspecified atom stereocenters. The highest BCUT2D eigenvalue weighted by molar-refractivity contribution is 7.91. The molecular formula is C15H25NO2S. The van der Waals surface area contributed by atoms with Crippen LogP contribution in [0.1, 0.15) is 44.2 Å². The Hall–Kier alpha value is -0.870. The maximum atomic E-state index is 12.5. The first-order chi connectivity index (χ1) is 8.90. The van der Waals surface area contributed by atoms with Crippen LogP contribution in [0.4, 0.5) is 0 Å². The molecule has 2 atom stereocenters. The van der Waals surface area contributed by atoms with Crippen molar-refractivity contribution in [3.05, 3.63) is 35.4 Å². The van der Waals surface area contributed by atoms with Gasteiger partial charge in [0, 0.05) is 6.04 Å². The predicted molar refractivity (Wildman–Crippen MR) is 80.8 cm³/mol. The van der Waals surface area contributed by atoms with Crippen molar-refractivity contribution in [2.75, 3.05) is 0 Å². The summed E-state index contributed by atoms with van der Waals surface area (Å²) in [6.07, 6.45) is 2.25. The first-order valence-electron chi connectivity index (χ1n) is 6.93. The molecule has 0 fully saturated rings. The van der Waals surface area contributed by atoms with Crippen molar-refractivity contribution in [3.8, 4) is 0 Å². The molecule has 0 saturated heterocycles. The van der Waals surface area contributed by atoms with Gasteiger partial charge < -0.3 is 5.73 Å². The first kappa shape index (κ1) is 16.2. The van der Waals surface area contributed by atoms with E-state index in [-0.39, 0.29) is 11.8 Å². The van der Waals surface area contributed by atoms with E-state index >= 15 is 0 Å². The summed E-state index contributed by atoms with van der Waals surface area (Å²) in [5.74, 6) is 0.0879. The maximum Gasteiger partial charge on any atom is 0.158 e. The molecule has 0 aliphatic carbocycles. The van der Waals surface area contributed by atoms with Gasteiger partial charge in [-0.2, -0.15) is 0 Å². The molecule has 0 aliphatic heterocycles. The van der Waals surface area contributed by atoms with Gasteiger partial charge in [0.2, 0.25) is 0 Å². The molecule has 0 spiro atoms. The first-order valence-corrected chi connectivity index (χ1v) is 8.65. The fourth-order valence-electron chi connectivity index (χ4n) is 2.48. The number of hydrogen-bond acceptors (Lipinski definition) is 3. The topological polar surface area (TPSA) is 60.2 Å². The van der Waals surface area contributed by atoms with Gasteiger partial charge in [-0.25, -0.2) is 8.42 Å². The lowest BCUT2D eigenvalue weighted by Gasteiger charge is -2.22.